The molecule has 24 heavy (non-hydrogen) atoms. The molecule has 5 heteroatoms. The van der Waals surface area contributed by atoms with Crippen LogP contribution in [0, 0.1) is 17.3 Å². The van der Waals surface area contributed by atoms with Crippen LogP contribution < -0.4 is 10.6 Å². The molecule has 2 amide bonds. The van der Waals surface area contributed by atoms with Crippen LogP contribution in [-0.4, -0.2) is 25.5 Å². The fraction of sp³-hybridized carbons (Fsp3) is 0.474. The van der Waals surface area contributed by atoms with E-state index in [0.29, 0.717) is 5.69 Å². The van der Waals surface area contributed by atoms with E-state index in [2.05, 4.69) is 44.4 Å². The molecule has 0 saturated heterocycles. The van der Waals surface area contributed by atoms with Crippen molar-refractivity contribution in [3.05, 3.63) is 35.9 Å². The van der Waals surface area contributed by atoms with E-state index < -0.39 is 0 Å². The Bertz CT molecular complexity index is 643. The van der Waals surface area contributed by atoms with Gasteiger partial charge in [-0.15, -0.1) is 0 Å². The number of carbonyl (C=O) groups excluding carboxylic acids is 2. The zero-order chi connectivity index (χ0) is 17.9. The van der Waals surface area contributed by atoms with Gasteiger partial charge in [0.15, 0.2) is 0 Å². The Morgan fingerprint density at radius 1 is 1.12 bits per heavy atom. The molecule has 5 nitrogen and oxygen atoms in total. The van der Waals surface area contributed by atoms with Gasteiger partial charge in [0.1, 0.15) is 6.61 Å². The van der Waals surface area contributed by atoms with Crippen LogP contribution in [-0.2, 0) is 14.3 Å². The molecule has 1 aliphatic carbocycles. The molecule has 0 spiro atoms. The summed E-state index contributed by atoms with van der Waals surface area (Å²) in [6, 6.07) is 7.08. The lowest BCUT2D eigenvalue weighted by molar-refractivity contribution is -0.120. The SMILES string of the molecule is COCC(=O)Nc1ccc(NC(=O)[C@H]2[C@@H](C=C(C)C)C2(C)C)cc1. The molecular formula is C19H26N2O3. The Morgan fingerprint density at radius 2 is 1.67 bits per heavy atom. The lowest BCUT2D eigenvalue weighted by Gasteiger charge is -2.08. The first kappa shape index (κ1) is 18.2. The molecule has 1 aromatic carbocycles. The third kappa shape index (κ3) is 4.23. The molecule has 2 N–H and O–H groups in total. The lowest BCUT2D eigenvalue weighted by atomic mass is 10.1. The van der Waals surface area contributed by atoms with Crippen LogP contribution in [0.4, 0.5) is 11.4 Å². The second-order valence-electron chi connectivity index (χ2n) is 7.12. The maximum atomic E-state index is 12.5. The highest BCUT2D eigenvalue weighted by atomic mass is 16.5. The standard InChI is InChI=1S/C19H26N2O3/c1-12(2)10-15-17(19(15,3)4)18(23)21-14-8-6-13(7-9-14)20-16(22)11-24-5/h6-10,15,17H,11H2,1-5H3,(H,20,22)(H,21,23)/t15-,17-/m1/s1. The topological polar surface area (TPSA) is 67.4 Å². The highest BCUT2D eigenvalue weighted by molar-refractivity contribution is 5.96. The number of amides is 2. The van der Waals surface area contributed by atoms with Crippen LogP contribution in [0.2, 0.25) is 0 Å². The van der Waals surface area contributed by atoms with Gasteiger partial charge in [0, 0.05) is 18.5 Å². The predicted molar refractivity (Wildman–Crippen MR) is 95.8 cm³/mol. The smallest absolute Gasteiger partial charge is 0.250 e. The molecule has 130 valence electrons. The third-order valence-corrected chi connectivity index (χ3v) is 4.42. The number of anilines is 2. The van der Waals surface area contributed by atoms with Crippen LogP contribution in [0.1, 0.15) is 27.7 Å². The van der Waals surface area contributed by atoms with Crippen molar-refractivity contribution >= 4 is 23.2 Å². The molecule has 2 rings (SSSR count). The van der Waals surface area contributed by atoms with E-state index in [1.54, 1.807) is 24.3 Å². The Morgan fingerprint density at radius 3 is 2.17 bits per heavy atom. The number of allylic oxidation sites excluding steroid dienone is 2. The van der Waals surface area contributed by atoms with Gasteiger partial charge >= 0.3 is 0 Å². The summed E-state index contributed by atoms with van der Waals surface area (Å²) in [6.45, 7) is 8.37. The highest BCUT2D eigenvalue weighted by Gasteiger charge is 2.60. The summed E-state index contributed by atoms with van der Waals surface area (Å²) >= 11 is 0. The Kier molecular flexibility index (Phi) is 5.44. The summed E-state index contributed by atoms with van der Waals surface area (Å²) in [5.74, 6) is 0.112. The number of rotatable bonds is 6. The van der Waals surface area contributed by atoms with Gasteiger partial charge in [-0.2, -0.15) is 0 Å². The fourth-order valence-electron chi connectivity index (χ4n) is 3.03. The van der Waals surface area contributed by atoms with E-state index in [9.17, 15) is 9.59 Å². The van der Waals surface area contributed by atoms with Gasteiger partial charge in [0.25, 0.3) is 0 Å². The van der Waals surface area contributed by atoms with Gasteiger partial charge in [-0.05, 0) is 49.4 Å². The van der Waals surface area contributed by atoms with Crippen molar-refractivity contribution in [1.82, 2.24) is 0 Å². The second kappa shape index (κ2) is 7.18. The first-order valence-electron chi connectivity index (χ1n) is 8.10. The minimum Gasteiger partial charge on any atom is -0.375 e. The van der Waals surface area contributed by atoms with Gasteiger partial charge in [-0.1, -0.05) is 25.5 Å². The normalized spacial score (nSPS) is 20.9. The second-order valence-corrected chi connectivity index (χ2v) is 7.12. The molecule has 0 unspecified atom stereocenters. The van der Waals surface area contributed by atoms with Crippen LogP contribution in [0.3, 0.4) is 0 Å². The predicted octanol–water partition coefficient (Wildman–Crippen LogP) is 3.45. The summed E-state index contributed by atoms with van der Waals surface area (Å²) in [7, 11) is 1.47. The third-order valence-electron chi connectivity index (χ3n) is 4.42. The number of hydrogen-bond acceptors (Lipinski definition) is 3. The summed E-state index contributed by atoms with van der Waals surface area (Å²) < 4.78 is 4.77. The molecular weight excluding hydrogens is 304 g/mol. The summed E-state index contributed by atoms with van der Waals surface area (Å²) in [5.41, 5.74) is 2.63. The van der Waals surface area contributed by atoms with Gasteiger partial charge in [-0.25, -0.2) is 0 Å². The Balaban J connectivity index is 1.96. The van der Waals surface area contributed by atoms with E-state index in [1.807, 2.05) is 0 Å². The van der Waals surface area contributed by atoms with Crippen molar-refractivity contribution in [1.29, 1.82) is 0 Å². The van der Waals surface area contributed by atoms with E-state index in [1.165, 1.54) is 12.7 Å². The molecule has 0 bridgehead atoms. The number of hydrogen-bond donors (Lipinski definition) is 2. The Labute approximate surface area is 143 Å². The van der Waals surface area contributed by atoms with Crippen molar-refractivity contribution < 1.29 is 14.3 Å². The van der Waals surface area contributed by atoms with E-state index in [-0.39, 0.29) is 35.7 Å². The van der Waals surface area contributed by atoms with Crippen LogP contribution in [0.25, 0.3) is 0 Å². The number of nitrogens with one attached hydrogen (secondary N) is 2. The Hall–Kier alpha value is -2.14. The number of carbonyl (C=O) groups is 2. The van der Waals surface area contributed by atoms with E-state index >= 15 is 0 Å². The highest BCUT2D eigenvalue weighted by Crippen LogP contribution is 2.59. The molecule has 1 fully saturated rings. The van der Waals surface area contributed by atoms with Crippen molar-refractivity contribution in [3.8, 4) is 0 Å². The minimum absolute atomic E-state index is 0.00454. The molecule has 0 aromatic heterocycles. The maximum Gasteiger partial charge on any atom is 0.250 e. The number of ether oxygens (including phenoxy) is 1. The molecule has 1 aliphatic rings. The van der Waals surface area contributed by atoms with Crippen LogP contribution in [0.5, 0.6) is 0 Å². The van der Waals surface area contributed by atoms with Crippen molar-refractivity contribution in [2.75, 3.05) is 24.4 Å². The molecule has 1 aromatic rings. The summed E-state index contributed by atoms with van der Waals surface area (Å²) in [4.78, 5) is 24.0. The average molecular weight is 330 g/mol. The first-order chi connectivity index (χ1) is 11.3. The van der Waals surface area contributed by atoms with Crippen LogP contribution in [0.15, 0.2) is 35.9 Å². The zero-order valence-electron chi connectivity index (χ0n) is 15.0. The van der Waals surface area contributed by atoms with Crippen molar-refractivity contribution in [2.45, 2.75) is 27.7 Å². The largest absolute Gasteiger partial charge is 0.375 e. The molecule has 0 radical (unpaired) electrons. The first-order valence-corrected chi connectivity index (χ1v) is 8.10. The van der Waals surface area contributed by atoms with Gasteiger partial charge in [-0.3, -0.25) is 9.59 Å². The van der Waals surface area contributed by atoms with E-state index in [0.717, 1.165) is 5.69 Å². The molecule has 0 aliphatic heterocycles. The zero-order valence-corrected chi connectivity index (χ0v) is 15.0. The molecule has 1 saturated carbocycles. The summed E-state index contributed by atoms with van der Waals surface area (Å²) in [5, 5.41) is 5.68. The molecule has 2 atom stereocenters. The fourth-order valence-corrected chi connectivity index (χ4v) is 3.03. The van der Waals surface area contributed by atoms with E-state index in [4.69, 9.17) is 4.74 Å². The van der Waals surface area contributed by atoms with Crippen molar-refractivity contribution in [3.63, 3.8) is 0 Å². The van der Waals surface area contributed by atoms with Gasteiger partial charge in [0.05, 0.1) is 5.92 Å². The summed E-state index contributed by atoms with van der Waals surface area (Å²) in [6.07, 6.45) is 2.18. The van der Waals surface area contributed by atoms with Gasteiger partial charge in [0.2, 0.25) is 11.8 Å². The molecule has 0 heterocycles. The average Bonchev–Trinajstić information content (AvgIpc) is 3.01. The lowest BCUT2D eigenvalue weighted by Crippen LogP contribution is -2.18. The minimum atomic E-state index is -0.210. The monoisotopic (exact) mass is 330 g/mol. The van der Waals surface area contributed by atoms with Crippen LogP contribution >= 0.6 is 0 Å². The number of benzene rings is 1. The maximum absolute atomic E-state index is 12.5. The van der Waals surface area contributed by atoms with Crippen molar-refractivity contribution in [2.24, 2.45) is 17.3 Å². The van der Waals surface area contributed by atoms with Gasteiger partial charge < -0.3 is 15.4 Å². The number of methoxy groups -OCH3 is 1. The quantitative estimate of drug-likeness (QED) is 0.785.